The normalized spacial score (nSPS) is 13.8. The minimum Gasteiger partial charge on any atom is -0.383 e. The van der Waals surface area contributed by atoms with Gasteiger partial charge in [-0.25, -0.2) is 8.42 Å². The number of hydrogen-bond donors (Lipinski definition) is 0. The van der Waals surface area contributed by atoms with E-state index in [-0.39, 0.29) is 21.0 Å². The number of likely N-dealkylation sites (N-methyl/N-ethyl adjacent to an activating group) is 1. The first kappa shape index (κ1) is 16.7. The predicted octanol–water partition coefficient (Wildman–Crippen LogP) is 3.04. The topological polar surface area (TPSA) is 46.6 Å². The van der Waals surface area contributed by atoms with Gasteiger partial charge >= 0.3 is 0 Å². The van der Waals surface area contributed by atoms with Gasteiger partial charge in [0.1, 0.15) is 4.90 Å². The maximum Gasteiger partial charge on any atom is 0.244 e. The molecular weight excluding hydrogens is 309 g/mol. The molecule has 0 fully saturated rings. The third kappa shape index (κ3) is 3.61. The molecule has 0 aromatic heterocycles. The molecule has 0 heterocycles. The van der Waals surface area contributed by atoms with Crippen molar-refractivity contribution in [2.24, 2.45) is 0 Å². The zero-order valence-corrected chi connectivity index (χ0v) is 13.4. The van der Waals surface area contributed by atoms with E-state index in [2.05, 4.69) is 0 Å². The number of ether oxygens (including phenoxy) is 1. The number of nitrogens with zero attached hydrogens (tertiary/aromatic N) is 1. The third-order valence-corrected chi connectivity index (χ3v) is 5.78. The van der Waals surface area contributed by atoms with Gasteiger partial charge in [0.15, 0.2) is 0 Å². The molecule has 1 rings (SSSR count). The fourth-order valence-corrected chi connectivity index (χ4v) is 4.22. The first-order valence-corrected chi connectivity index (χ1v) is 8.00. The fourth-order valence-electron chi connectivity index (χ4n) is 1.85. The zero-order chi connectivity index (χ0) is 14.6. The van der Waals surface area contributed by atoms with Gasteiger partial charge < -0.3 is 4.74 Å². The highest BCUT2D eigenvalue weighted by Crippen LogP contribution is 2.31. The molecule has 0 saturated carbocycles. The van der Waals surface area contributed by atoms with E-state index in [0.29, 0.717) is 13.2 Å². The molecule has 19 heavy (non-hydrogen) atoms. The van der Waals surface area contributed by atoms with Crippen LogP contribution in [0.15, 0.2) is 23.1 Å². The number of rotatable bonds is 6. The van der Waals surface area contributed by atoms with Crippen molar-refractivity contribution >= 4 is 33.2 Å². The van der Waals surface area contributed by atoms with E-state index < -0.39 is 10.0 Å². The zero-order valence-electron chi connectivity index (χ0n) is 11.1. The summed E-state index contributed by atoms with van der Waals surface area (Å²) < 4.78 is 31.5. The van der Waals surface area contributed by atoms with Crippen LogP contribution in [-0.4, -0.2) is 39.0 Å². The van der Waals surface area contributed by atoms with E-state index in [1.165, 1.54) is 17.5 Å². The van der Waals surface area contributed by atoms with Crippen LogP contribution >= 0.6 is 23.2 Å². The minimum absolute atomic E-state index is 0.0199. The number of halogens is 2. The molecule has 1 aromatic carbocycles. The van der Waals surface area contributed by atoms with Crippen LogP contribution in [-0.2, 0) is 14.8 Å². The Kier molecular flexibility index (Phi) is 6.08. The lowest BCUT2D eigenvalue weighted by Gasteiger charge is -2.27. The van der Waals surface area contributed by atoms with Gasteiger partial charge in [-0.1, -0.05) is 36.2 Å². The summed E-state index contributed by atoms with van der Waals surface area (Å²) in [7, 11) is -2.16. The second-order valence-corrected chi connectivity index (χ2v) is 6.71. The van der Waals surface area contributed by atoms with Crippen LogP contribution in [0, 0.1) is 0 Å². The number of methoxy groups -OCH3 is 1. The maximum atomic E-state index is 12.6. The quantitative estimate of drug-likeness (QED) is 0.807. The van der Waals surface area contributed by atoms with Crippen molar-refractivity contribution in [1.82, 2.24) is 4.31 Å². The lowest BCUT2D eigenvalue weighted by molar-refractivity contribution is 0.142. The summed E-state index contributed by atoms with van der Waals surface area (Å²) in [4.78, 5) is 0.0199. The Morgan fingerprint density at radius 3 is 2.53 bits per heavy atom. The molecule has 0 saturated heterocycles. The molecule has 0 aliphatic carbocycles. The van der Waals surface area contributed by atoms with Crippen LogP contribution in [0.2, 0.25) is 10.0 Å². The smallest absolute Gasteiger partial charge is 0.244 e. The molecule has 1 aromatic rings. The van der Waals surface area contributed by atoms with Crippen molar-refractivity contribution in [1.29, 1.82) is 0 Å². The summed E-state index contributed by atoms with van der Waals surface area (Å²) in [5.74, 6) is 0. The molecule has 0 aliphatic heterocycles. The lowest BCUT2D eigenvalue weighted by atomic mass is 10.3. The van der Waals surface area contributed by atoms with Crippen molar-refractivity contribution < 1.29 is 13.2 Å². The second-order valence-electron chi connectivity index (χ2n) is 4.06. The Balaban J connectivity index is 3.25. The van der Waals surface area contributed by atoms with Gasteiger partial charge in [-0.2, -0.15) is 4.31 Å². The van der Waals surface area contributed by atoms with Crippen molar-refractivity contribution in [2.45, 2.75) is 24.8 Å². The van der Waals surface area contributed by atoms with Gasteiger partial charge in [-0.15, -0.1) is 0 Å². The molecule has 7 heteroatoms. The molecule has 0 unspecified atom stereocenters. The third-order valence-electron chi connectivity index (χ3n) is 2.71. The molecule has 0 N–H and O–H groups in total. The van der Waals surface area contributed by atoms with Crippen LogP contribution in [0.3, 0.4) is 0 Å². The van der Waals surface area contributed by atoms with Crippen LogP contribution in [0.5, 0.6) is 0 Å². The Hall–Kier alpha value is -0.330. The van der Waals surface area contributed by atoms with Gasteiger partial charge in [0.05, 0.1) is 16.7 Å². The first-order valence-electron chi connectivity index (χ1n) is 5.81. The van der Waals surface area contributed by atoms with Crippen molar-refractivity contribution in [3.8, 4) is 0 Å². The van der Waals surface area contributed by atoms with Crippen molar-refractivity contribution in [3.63, 3.8) is 0 Å². The van der Waals surface area contributed by atoms with E-state index in [1.54, 1.807) is 26.0 Å². The van der Waals surface area contributed by atoms with Crippen LogP contribution < -0.4 is 0 Å². The highest BCUT2D eigenvalue weighted by molar-refractivity contribution is 7.89. The number of benzene rings is 1. The average molecular weight is 326 g/mol. The first-order chi connectivity index (χ1) is 8.86. The fraction of sp³-hybridized carbons (Fsp3) is 0.500. The van der Waals surface area contributed by atoms with Gasteiger partial charge in [-0.3, -0.25) is 0 Å². The molecule has 1 atom stereocenters. The summed E-state index contributed by atoms with van der Waals surface area (Å²) in [5, 5.41) is 0.269. The molecule has 0 spiro atoms. The summed E-state index contributed by atoms with van der Waals surface area (Å²) in [6, 6.07) is 4.29. The van der Waals surface area contributed by atoms with E-state index >= 15 is 0 Å². The second kappa shape index (κ2) is 6.90. The summed E-state index contributed by atoms with van der Waals surface area (Å²) in [5.41, 5.74) is 0. The highest BCUT2D eigenvalue weighted by Gasteiger charge is 2.30. The molecule has 0 aliphatic rings. The molecule has 0 bridgehead atoms. The average Bonchev–Trinajstić information content (AvgIpc) is 2.33. The molecule has 108 valence electrons. The van der Waals surface area contributed by atoms with Gasteiger partial charge in [0.2, 0.25) is 10.0 Å². The Labute approximate surface area is 124 Å². The maximum absolute atomic E-state index is 12.6. The SMILES string of the molecule is CCN([C@H](C)COC)S(=O)(=O)c1cccc(Cl)c1Cl. The molecule has 4 nitrogen and oxygen atoms in total. The summed E-state index contributed by atoms with van der Waals surface area (Å²) in [6.07, 6.45) is 0. The highest BCUT2D eigenvalue weighted by atomic mass is 35.5. The lowest BCUT2D eigenvalue weighted by Crippen LogP contribution is -2.40. The van der Waals surface area contributed by atoms with E-state index in [1.807, 2.05) is 0 Å². The van der Waals surface area contributed by atoms with Crippen LogP contribution in [0.25, 0.3) is 0 Å². The Bertz CT molecular complexity index is 534. The predicted molar refractivity (Wildman–Crippen MR) is 77.4 cm³/mol. The van der Waals surface area contributed by atoms with Crippen molar-refractivity contribution in [3.05, 3.63) is 28.2 Å². The Morgan fingerprint density at radius 1 is 1.37 bits per heavy atom. The number of sulfonamides is 1. The van der Waals surface area contributed by atoms with Gasteiger partial charge in [0.25, 0.3) is 0 Å². The molecule has 0 radical (unpaired) electrons. The van der Waals surface area contributed by atoms with E-state index in [4.69, 9.17) is 27.9 Å². The Morgan fingerprint density at radius 2 is 2.00 bits per heavy atom. The number of hydrogen-bond acceptors (Lipinski definition) is 3. The molecular formula is C12H17Cl2NO3S. The standard InChI is InChI=1S/C12H17Cl2NO3S/c1-4-15(9(2)8-18-3)19(16,17)11-7-5-6-10(13)12(11)14/h5-7,9H,4,8H2,1-3H3/t9-/m1/s1. The summed E-state index contributed by atoms with van der Waals surface area (Å²) >= 11 is 11.9. The monoisotopic (exact) mass is 325 g/mol. The van der Waals surface area contributed by atoms with Gasteiger partial charge in [0, 0.05) is 19.7 Å². The largest absolute Gasteiger partial charge is 0.383 e. The molecule has 0 amide bonds. The van der Waals surface area contributed by atoms with Gasteiger partial charge in [-0.05, 0) is 19.1 Å². The minimum atomic E-state index is -3.69. The summed E-state index contributed by atoms with van der Waals surface area (Å²) in [6.45, 7) is 4.19. The van der Waals surface area contributed by atoms with Crippen molar-refractivity contribution in [2.75, 3.05) is 20.3 Å². The van der Waals surface area contributed by atoms with E-state index in [0.717, 1.165) is 0 Å². The van der Waals surface area contributed by atoms with Crippen LogP contribution in [0.1, 0.15) is 13.8 Å². The van der Waals surface area contributed by atoms with E-state index in [9.17, 15) is 8.42 Å². The van der Waals surface area contributed by atoms with Crippen LogP contribution in [0.4, 0.5) is 0 Å².